The minimum Gasteiger partial charge on any atom is -0.493 e. The Morgan fingerprint density at radius 2 is 1.59 bits per heavy atom. The third kappa shape index (κ3) is 5.78. The second kappa shape index (κ2) is 11.5. The van der Waals surface area contributed by atoms with Gasteiger partial charge in [0.25, 0.3) is 11.8 Å². The third-order valence-corrected chi connectivity index (χ3v) is 5.62. The minimum absolute atomic E-state index is 0.0577. The van der Waals surface area contributed by atoms with Crippen LogP contribution in [0.3, 0.4) is 0 Å². The molecule has 0 radical (unpaired) electrons. The highest BCUT2D eigenvalue weighted by Gasteiger charge is 2.27. The van der Waals surface area contributed by atoms with E-state index in [4.69, 9.17) is 9.47 Å². The van der Waals surface area contributed by atoms with E-state index in [0.29, 0.717) is 49.8 Å². The molecule has 2 aromatic carbocycles. The second-order valence-corrected chi connectivity index (χ2v) is 7.84. The second-order valence-electron chi connectivity index (χ2n) is 7.84. The van der Waals surface area contributed by atoms with Gasteiger partial charge >= 0.3 is 0 Å². The summed E-state index contributed by atoms with van der Waals surface area (Å²) in [4.78, 5) is 28.8. The van der Waals surface area contributed by atoms with Crippen LogP contribution in [0.15, 0.2) is 42.5 Å². The normalized spacial score (nSPS) is 13.7. The fourth-order valence-corrected chi connectivity index (χ4v) is 3.73. The van der Waals surface area contributed by atoms with Crippen LogP contribution < -0.4 is 9.47 Å². The van der Waals surface area contributed by atoms with E-state index in [9.17, 15) is 14.0 Å². The molecule has 0 unspecified atom stereocenters. The van der Waals surface area contributed by atoms with E-state index in [-0.39, 0.29) is 17.4 Å². The van der Waals surface area contributed by atoms with Crippen molar-refractivity contribution in [3.63, 3.8) is 0 Å². The maximum Gasteiger partial charge on any atom is 0.256 e. The highest BCUT2D eigenvalue weighted by Crippen LogP contribution is 2.29. The molecule has 7 heteroatoms. The summed E-state index contributed by atoms with van der Waals surface area (Å²) in [7, 11) is 1.56. The topological polar surface area (TPSA) is 59.1 Å². The van der Waals surface area contributed by atoms with E-state index in [2.05, 4.69) is 6.92 Å². The molecule has 0 spiro atoms. The van der Waals surface area contributed by atoms with Crippen LogP contribution in [-0.2, 0) is 0 Å². The molecule has 2 amide bonds. The van der Waals surface area contributed by atoms with Gasteiger partial charge in [-0.15, -0.1) is 0 Å². The number of ether oxygens (including phenoxy) is 2. The van der Waals surface area contributed by atoms with Crippen molar-refractivity contribution in [3.8, 4) is 11.5 Å². The fourth-order valence-electron chi connectivity index (χ4n) is 3.73. The number of hydrogen-bond acceptors (Lipinski definition) is 4. The molecular formula is C25H31FN2O4. The van der Waals surface area contributed by atoms with Gasteiger partial charge in [0, 0.05) is 31.7 Å². The number of nitrogens with zero attached hydrogens (tertiary/aromatic N) is 2. The van der Waals surface area contributed by atoms with Crippen LogP contribution in [0.4, 0.5) is 4.39 Å². The molecule has 172 valence electrons. The highest BCUT2D eigenvalue weighted by molar-refractivity contribution is 5.96. The van der Waals surface area contributed by atoms with Crippen molar-refractivity contribution in [1.82, 2.24) is 9.80 Å². The van der Waals surface area contributed by atoms with E-state index in [1.54, 1.807) is 47.2 Å². The molecule has 1 saturated heterocycles. The Bertz CT molecular complexity index is 926. The first-order chi connectivity index (χ1) is 15.5. The number of methoxy groups -OCH3 is 1. The van der Waals surface area contributed by atoms with Crippen molar-refractivity contribution in [3.05, 3.63) is 59.4 Å². The molecule has 2 aromatic rings. The average Bonchev–Trinajstić information content (AvgIpc) is 2.83. The maximum atomic E-state index is 13.9. The first-order valence-corrected chi connectivity index (χ1v) is 11.2. The monoisotopic (exact) mass is 442 g/mol. The molecule has 3 rings (SSSR count). The largest absolute Gasteiger partial charge is 0.493 e. The van der Waals surface area contributed by atoms with Crippen LogP contribution in [0.5, 0.6) is 11.5 Å². The van der Waals surface area contributed by atoms with Crippen LogP contribution in [0.2, 0.25) is 0 Å². The van der Waals surface area contributed by atoms with Gasteiger partial charge in [-0.2, -0.15) is 0 Å². The zero-order chi connectivity index (χ0) is 22.9. The standard InChI is InChI=1S/C25H31FN2O4/c1-3-4-5-8-17-32-22-12-11-19(18-23(22)31-2)24(29)27-13-15-28(16-14-27)25(30)20-9-6-7-10-21(20)26/h6-7,9-12,18H,3-5,8,13-17H2,1-2H3. The van der Waals surface area contributed by atoms with Crippen molar-refractivity contribution in [2.45, 2.75) is 32.6 Å². The van der Waals surface area contributed by atoms with Gasteiger partial charge in [0.15, 0.2) is 11.5 Å². The van der Waals surface area contributed by atoms with Gasteiger partial charge in [-0.25, -0.2) is 4.39 Å². The van der Waals surface area contributed by atoms with Gasteiger partial charge in [0.2, 0.25) is 0 Å². The number of unbranched alkanes of at least 4 members (excludes halogenated alkanes) is 3. The van der Waals surface area contributed by atoms with Crippen LogP contribution >= 0.6 is 0 Å². The fraction of sp³-hybridized carbons (Fsp3) is 0.440. The SMILES string of the molecule is CCCCCCOc1ccc(C(=O)N2CCN(C(=O)c3ccccc3F)CC2)cc1OC. The van der Waals surface area contributed by atoms with Crippen LogP contribution in [0.1, 0.15) is 53.3 Å². The van der Waals surface area contributed by atoms with Crippen molar-refractivity contribution < 1.29 is 23.5 Å². The lowest BCUT2D eigenvalue weighted by Gasteiger charge is -2.35. The van der Waals surface area contributed by atoms with E-state index in [0.717, 1.165) is 12.8 Å². The van der Waals surface area contributed by atoms with Crippen molar-refractivity contribution in [2.24, 2.45) is 0 Å². The molecule has 1 heterocycles. The number of hydrogen-bond donors (Lipinski definition) is 0. The predicted octanol–water partition coefficient (Wildman–Crippen LogP) is 4.39. The number of piperazine rings is 1. The van der Waals surface area contributed by atoms with Gasteiger partial charge in [0.05, 0.1) is 19.3 Å². The lowest BCUT2D eigenvalue weighted by atomic mass is 10.1. The average molecular weight is 443 g/mol. The summed E-state index contributed by atoms with van der Waals surface area (Å²) in [6.45, 7) is 4.26. The molecule has 0 aromatic heterocycles. The van der Waals surface area contributed by atoms with E-state index < -0.39 is 5.82 Å². The van der Waals surface area contributed by atoms with Crippen molar-refractivity contribution in [2.75, 3.05) is 39.9 Å². The first-order valence-electron chi connectivity index (χ1n) is 11.2. The molecule has 1 aliphatic rings. The molecule has 0 N–H and O–H groups in total. The lowest BCUT2D eigenvalue weighted by molar-refractivity contribution is 0.0532. The zero-order valence-corrected chi connectivity index (χ0v) is 18.8. The summed E-state index contributed by atoms with van der Waals surface area (Å²) < 4.78 is 25.2. The van der Waals surface area contributed by atoms with E-state index >= 15 is 0 Å². The first kappa shape index (κ1) is 23.6. The third-order valence-electron chi connectivity index (χ3n) is 5.62. The molecule has 1 fully saturated rings. The molecule has 0 aliphatic carbocycles. The molecule has 0 atom stereocenters. The van der Waals surface area contributed by atoms with Gasteiger partial charge in [-0.1, -0.05) is 38.3 Å². The quantitative estimate of drug-likeness (QED) is 0.541. The number of carbonyl (C=O) groups excluding carboxylic acids is 2. The molecule has 0 bridgehead atoms. The number of amides is 2. The number of rotatable bonds is 9. The Morgan fingerprint density at radius 3 is 2.25 bits per heavy atom. The summed E-state index contributed by atoms with van der Waals surface area (Å²) in [5.41, 5.74) is 0.566. The Hall–Kier alpha value is -3.09. The smallest absolute Gasteiger partial charge is 0.256 e. The molecule has 1 aliphatic heterocycles. The Morgan fingerprint density at radius 1 is 0.906 bits per heavy atom. The number of benzene rings is 2. The Labute approximate surface area is 188 Å². The summed E-state index contributed by atoms with van der Waals surface area (Å²) in [6.07, 6.45) is 4.47. The van der Waals surface area contributed by atoms with Crippen molar-refractivity contribution >= 4 is 11.8 Å². The molecule has 32 heavy (non-hydrogen) atoms. The van der Waals surface area contributed by atoms with E-state index in [1.807, 2.05) is 0 Å². The van der Waals surface area contributed by atoms with Gasteiger partial charge in [-0.3, -0.25) is 9.59 Å². The Balaban J connectivity index is 1.57. The van der Waals surface area contributed by atoms with Gasteiger partial charge in [-0.05, 0) is 36.8 Å². The van der Waals surface area contributed by atoms with E-state index in [1.165, 1.54) is 25.0 Å². The van der Waals surface area contributed by atoms with Gasteiger partial charge < -0.3 is 19.3 Å². The maximum absolute atomic E-state index is 13.9. The summed E-state index contributed by atoms with van der Waals surface area (Å²) in [5, 5.41) is 0. The number of carbonyl (C=O) groups is 2. The van der Waals surface area contributed by atoms with Crippen molar-refractivity contribution in [1.29, 1.82) is 0 Å². The van der Waals surface area contributed by atoms with Crippen LogP contribution in [0.25, 0.3) is 0 Å². The zero-order valence-electron chi connectivity index (χ0n) is 18.8. The minimum atomic E-state index is -0.532. The predicted molar refractivity (Wildman–Crippen MR) is 121 cm³/mol. The Kier molecular flexibility index (Phi) is 8.48. The van der Waals surface area contributed by atoms with Gasteiger partial charge in [0.1, 0.15) is 5.82 Å². The molecule has 6 nitrogen and oxygen atoms in total. The summed E-state index contributed by atoms with van der Waals surface area (Å²) >= 11 is 0. The summed E-state index contributed by atoms with van der Waals surface area (Å²) in [6, 6.07) is 11.2. The lowest BCUT2D eigenvalue weighted by Crippen LogP contribution is -2.50. The molecule has 0 saturated carbocycles. The highest BCUT2D eigenvalue weighted by atomic mass is 19.1. The van der Waals surface area contributed by atoms with Crippen LogP contribution in [-0.4, -0.2) is 61.5 Å². The summed E-state index contributed by atoms with van der Waals surface area (Å²) in [5.74, 6) is 0.143. The number of halogens is 1. The molecular weight excluding hydrogens is 411 g/mol. The van der Waals surface area contributed by atoms with Crippen LogP contribution in [0, 0.1) is 5.82 Å².